The van der Waals surface area contributed by atoms with Gasteiger partial charge in [-0.05, 0) is 24.7 Å². The molecule has 144 valence electrons. The zero-order valence-corrected chi connectivity index (χ0v) is 14.8. The van der Waals surface area contributed by atoms with Crippen LogP contribution in [0.2, 0.25) is 0 Å². The van der Waals surface area contributed by atoms with E-state index in [1.807, 2.05) is 0 Å². The van der Waals surface area contributed by atoms with Crippen LogP contribution in [0.3, 0.4) is 0 Å². The van der Waals surface area contributed by atoms with Gasteiger partial charge in [-0.2, -0.15) is 0 Å². The first-order valence-corrected chi connectivity index (χ1v) is 9.20. The van der Waals surface area contributed by atoms with Crippen molar-refractivity contribution in [1.29, 1.82) is 0 Å². The summed E-state index contributed by atoms with van der Waals surface area (Å²) in [5.41, 5.74) is 6.70. The highest BCUT2D eigenvalue weighted by molar-refractivity contribution is 5.82. The fraction of sp³-hybridized carbons (Fsp3) is 0.611. The van der Waals surface area contributed by atoms with Crippen LogP contribution in [0.25, 0.3) is 11.2 Å². The molecule has 2 aliphatic rings. The van der Waals surface area contributed by atoms with E-state index in [-0.39, 0.29) is 11.6 Å². The standard InChI is InChI=1S/C18H23N5O4/c19-16-13-17(22-12(21-16)5-3-1-2-4-10-6-7-10)23(9-20-13)18-15(26)14(25)11(8-24)27-18/h9-11,14-15,18,24-26H,1-2,4,6-8H2,(H2,19,21,22)/t11-,14?,15?,18-/m1/s1. The van der Waals surface area contributed by atoms with E-state index in [1.54, 1.807) is 0 Å². The van der Waals surface area contributed by atoms with Crippen LogP contribution in [0, 0.1) is 17.8 Å². The zero-order chi connectivity index (χ0) is 19.0. The molecule has 0 aromatic carbocycles. The lowest BCUT2D eigenvalue weighted by Crippen LogP contribution is -2.33. The first-order chi connectivity index (χ1) is 13.1. The van der Waals surface area contributed by atoms with E-state index in [1.165, 1.54) is 30.2 Å². The van der Waals surface area contributed by atoms with Crippen LogP contribution in [0.4, 0.5) is 5.82 Å². The summed E-state index contributed by atoms with van der Waals surface area (Å²) in [6.07, 6.45) is 2.92. The minimum Gasteiger partial charge on any atom is -0.394 e. The number of unbranched alkanes of at least 4 members (excludes halogenated alkanes) is 1. The summed E-state index contributed by atoms with van der Waals surface area (Å²) >= 11 is 0. The molecule has 4 atom stereocenters. The number of aromatic nitrogens is 4. The van der Waals surface area contributed by atoms with Gasteiger partial charge in [0.1, 0.15) is 23.8 Å². The van der Waals surface area contributed by atoms with Gasteiger partial charge in [-0.25, -0.2) is 15.0 Å². The summed E-state index contributed by atoms with van der Waals surface area (Å²) in [7, 11) is 0. The highest BCUT2D eigenvalue weighted by Gasteiger charge is 2.44. The summed E-state index contributed by atoms with van der Waals surface area (Å²) in [5.74, 6) is 7.36. The number of ether oxygens (including phenoxy) is 1. The number of anilines is 1. The van der Waals surface area contributed by atoms with Gasteiger partial charge in [-0.1, -0.05) is 18.8 Å². The summed E-state index contributed by atoms with van der Waals surface area (Å²) in [5, 5.41) is 29.5. The summed E-state index contributed by atoms with van der Waals surface area (Å²) in [4.78, 5) is 12.8. The number of hydrogen-bond donors (Lipinski definition) is 4. The molecule has 3 heterocycles. The van der Waals surface area contributed by atoms with Crippen LogP contribution < -0.4 is 5.73 Å². The van der Waals surface area contributed by atoms with Crippen molar-refractivity contribution in [2.24, 2.45) is 5.92 Å². The van der Waals surface area contributed by atoms with Crippen molar-refractivity contribution in [3.05, 3.63) is 12.2 Å². The van der Waals surface area contributed by atoms with Crippen LogP contribution in [0.5, 0.6) is 0 Å². The molecule has 4 rings (SSSR count). The predicted octanol–water partition coefficient (Wildman–Crippen LogP) is -0.0482. The maximum absolute atomic E-state index is 10.2. The first-order valence-electron chi connectivity index (χ1n) is 9.20. The third-order valence-electron chi connectivity index (χ3n) is 5.05. The van der Waals surface area contributed by atoms with E-state index in [9.17, 15) is 15.3 Å². The van der Waals surface area contributed by atoms with Gasteiger partial charge >= 0.3 is 0 Å². The third-order valence-corrected chi connectivity index (χ3v) is 5.05. The molecule has 9 heteroatoms. The summed E-state index contributed by atoms with van der Waals surface area (Å²) in [6, 6.07) is 0. The minimum absolute atomic E-state index is 0.188. The average molecular weight is 373 g/mol. The number of nitrogens with two attached hydrogens (primary N) is 1. The molecule has 5 N–H and O–H groups in total. The molecule has 27 heavy (non-hydrogen) atoms. The Balaban J connectivity index is 1.57. The molecular formula is C18H23N5O4. The largest absolute Gasteiger partial charge is 0.394 e. The van der Waals surface area contributed by atoms with Crippen LogP contribution in [-0.4, -0.2) is 59.8 Å². The second kappa shape index (κ2) is 7.40. The Morgan fingerprint density at radius 2 is 2.07 bits per heavy atom. The van der Waals surface area contributed by atoms with E-state index in [0.29, 0.717) is 11.2 Å². The van der Waals surface area contributed by atoms with Gasteiger partial charge in [0.25, 0.3) is 0 Å². The Labute approximate surface area is 156 Å². The van der Waals surface area contributed by atoms with E-state index in [2.05, 4.69) is 26.8 Å². The molecule has 0 radical (unpaired) electrons. The normalized spacial score (nSPS) is 27.7. The zero-order valence-electron chi connectivity index (χ0n) is 14.8. The number of nitrogen functional groups attached to an aromatic ring is 1. The maximum Gasteiger partial charge on any atom is 0.208 e. The summed E-state index contributed by atoms with van der Waals surface area (Å²) in [6.45, 7) is -0.407. The number of imidazole rings is 1. The Kier molecular flexibility index (Phi) is 4.97. The maximum atomic E-state index is 10.2. The van der Waals surface area contributed by atoms with Crippen molar-refractivity contribution in [2.75, 3.05) is 12.3 Å². The Morgan fingerprint density at radius 1 is 1.26 bits per heavy atom. The van der Waals surface area contributed by atoms with Gasteiger partial charge < -0.3 is 25.8 Å². The topological polar surface area (TPSA) is 140 Å². The van der Waals surface area contributed by atoms with E-state index in [0.717, 1.165) is 18.8 Å². The van der Waals surface area contributed by atoms with E-state index >= 15 is 0 Å². The number of aliphatic hydroxyl groups is 3. The quantitative estimate of drug-likeness (QED) is 0.423. The second-order valence-electron chi connectivity index (χ2n) is 7.12. The van der Waals surface area contributed by atoms with Gasteiger partial charge in [-0.15, -0.1) is 0 Å². The van der Waals surface area contributed by atoms with Crippen LogP contribution >= 0.6 is 0 Å². The lowest BCUT2D eigenvalue weighted by molar-refractivity contribution is -0.0511. The molecule has 2 aromatic rings. The van der Waals surface area contributed by atoms with Gasteiger partial charge in [0.05, 0.1) is 12.9 Å². The highest BCUT2D eigenvalue weighted by atomic mass is 16.6. The molecule has 9 nitrogen and oxygen atoms in total. The average Bonchev–Trinajstić information content (AvgIpc) is 3.32. The lowest BCUT2D eigenvalue weighted by Gasteiger charge is -2.16. The monoisotopic (exact) mass is 373 g/mol. The molecular weight excluding hydrogens is 350 g/mol. The van der Waals surface area contributed by atoms with Crippen molar-refractivity contribution in [2.45, 2.75) is 56.6 Å². The predicted molar refractivity (Wildman–Crippen MR) is 96.2 cm³/mol. The van der Waals surface area contributed by atoms with Gasteiger partial charge in [-0.3, -0.25) is 4.57 Å². The second-order valence-corrected chi connectivity index (χ2v) is 7.12. The molecule has 1 aliphatic heterocycles. The SMILES string of the molecule is Nc1nc(C#CCCCC2CC2)nc2c1ncn2[C@@H]1O[C@H](CO)C(O)C1O. The van der Waals surface area contributed by atoms with Crippen molar-refractivity contribution < 1.29 is 20.1 Å². The van der Waals surface area contributed by atoms with Gasteiger partial charge in [0, 0.05) is 6.42 Å². The highest BCUT2D eigenvalue weighted by Crippen LogP contribution is 2.34. The van der Waals surface area contributed by atoms with Gasteiger partial charge in [0.2, 0.25) is 5.82 Å². The van der Waals surface area contributed by atoms with Crippen molar-refractivity contribution in [3.8, 4) is 11.8 Å². The van der Waals surface area contributed by atoms with Crippen molar-refractivity contribution in [3.63, 3.8) is 0 Å². The van der Waals surface area contributed by atoms with E-state index in [4.69, 9.17) is 10.5 Å². The van der Waals surface area contributed by atoms with Gasteiger partial charge in [0.15, 0.2) is 17.7 Å². The smallest absolute Gasteiger partial charge is 0.208 e. The number of fused-ring (bicyclic) bond motifs is 1. The fourth-order valence-corrected chi connectivity index (χ4v) is 3.32. The fourth-order valence-electron chi connectivity index (χ4n) is 3.32. The molecule has 0 amide bonds. The molecule has 1 saturated carbocycles. The molecule has 0 spiro atoms. The van der Waals surface area contributed by atoms with Crippen LogP contribution in [-0.2, 0) is 4.74 Å². The van der Waals surface area contributed by atoms with E-state index < -0.39 is 31.1 Å². The molecule has 1 saturated heterocycles. The molecule has 1 aliphatic carbocycles. The summed E-state index contributed by atoms with van der Waals surface area (Å²) < 4.78 is 7.03. The number of aliphatic hydroxyl groups excluding tert-OH is 3. The first kappa shape index (κ1) is 18.1. The number of rotatable bonds is 5. The Hall–Kier alpha value is -2.25. The number of hydrogen-bond acceptors (Lipinski definition) is 8. The lowest BCUT2D eigenvalue weighted by atomic mass is 10.1. The third kappa shape index (κ3) is 3.61. The minimum atomic E-state index is -1.23. The van der Waals surface area contributed by atoms with Crippen molar-refractivity contribution in [1.82, 2.24) is 19.5 Å². The van der Waals surface area contributed by atoms with Crippen LogP contribution in [0.15, 0.2) is 6.33 Å². The number of nitrogens with zero attached hydrogens (tertiary/aromatic N) is 4. The molecule has 0 bridgehead atoms. The molecule has 2 unspecified atom stereocenters. The van der Waals surface area contributed by atoms with Crippen molar-refractivity contribution >= 4 is 17.0 Å². The molecule has 2 fully saturated rings. The molecule has 2 aromatic heterocycles. The van der Waals surface area contributed by atoms with Crippen LogP contribution in [0.1, 0.15) is 44.2 Å². The Bertz CT molecular complexity index is 885. The Morgan fingerprint density at radius 3 is 2.78 bits per heavy atom.